The van der Waals surface area contributed by atoms with Crippen LogP contribution in [0.2, 0.25) is 5.02 Å². The van der Waals surface area contributed by atoms with Crippen LogP contribution in [0, 0.1) is 0 Å². The van der Waals surface area contributed by atoms with Crippen molar-refractivity contribution < 1.29 is 13.2 Å². The molecule has 0 saturated carbocycles. The number of carbonyl (C=O) groups excluding carboxylic acids is 1. The van der Waals surface area contributed by atoms with Crippen LogP contribution in [0.25, 0.3) is 0 Å². The van der Waals surface area contributed by atoms with Gasteiger partial charge in [-0.3, -0.25) is 4.79 Å². The summed E-state index contributed by atoms with van der Waals surface area (Å²) in [7, 11) is -3.49. The highest BCUT2D eigenvalue weighted by atomic mass is 35.5. The molecule has 1 rings (SSSR count). The summed E-state index contributed by atoms with van der Waals surface area (Å²) in [5.74, 6) is -1.18. The lowest BCUT2D eigenvalue weighted by molar-refractivity contribution is 0.100. The summed E-state index contributed by atoms with van der Waals surface area (Å²) in [6.07, 6.45) is 3.38. The van der Waals surface area contributed by atoms with Crippen LogP contribution in [-0.2, 0) is 16.3 Å². The van der Waals surface area contributed by atoms with Gasteiger partial charge >= 0.3 is 0 Å². The number of aryl methyl sites for hydroxylation is 1. The summed E-state index contributed by atoms with van der Waals surface area (Å²) in [6, 6.07) is 2.72. The molecule has 0 aliphatic heterocycles. The van der Waals surface area contributed by atoms with Crippen LogP contribution in [0.5, 0.6) is 0 Å². The topological polar surface area (TPSA) is 116 Å². The fourth-order valence-electron chi connectivity index (χ4n) is 1.84. The molecule has 0 unspecified atom stereocenters. The lowest BCUT2D eigenvalue weighted by atomic mass is 10.1. The van der Waals surface area contributed by atoms with E-state index in [2.05, 4.69) is 4.99 Å². The summed E-state index contributed by atoms with van der Waals surface area (Å²) in [5, 5.41) is 0.128. The zero-order chi connectivity index (χ0) is 16.2. The van der Waals surface area contributed by atoms with Gasteiger partial charge in [0.1, 0.15) is 0 Å². The summed E-state index contributed by atoms with van der Waals surface area (Å²) in [5.41, 5.74) is 10.8. The van der Waals surface area contributed by atoms with E-state index >= 15 is 0 Å². The Balaban J connectivity index is 3.45. The molecular formula is C13H18ClN3O3S. The van der Waals surface area contributed by atoms with Gasteiger partial charge in [-0.2, -0.15) is 4.99 Å². The first-order valence-corrected chi connectivity index (χ1v) is 8.60. The smallest absolute Gasteiger partial charge is 0.281 e. The van der Waals surface area contributed by atoms with E-state index in [9.17, 15) is 13.2 Å². The van der Waals surface area contributed by atoms with Crippen molar-refractivity contribution >= 4 is 33.3 Å². The third-order valence-electron chi connectivity index (χ3n) is 2.81. The zero-order valence-electron chi connectivity index (χ0n) is 11.9. The van der Waals surface area contributed by atoms with Gasteiger partial charge in [0, 0.05) is 6.26 Å². The van der Waals surface area contributed by atoms with Crippen LogP contribution in [0.1, 0.15) is 35.7 Å². The lowest BCUT2D eigenvalue weighted by Crippen LogP contribution is -2.24. The summed E-state index contributed by atoms with van der Waals surface area (Å²) in [4.78, 5) is 15.3. The van der Waals surface area contributed by atoms with Crippen molar-refractivity contribution in [1.29, 1.82) is 0 Å². The molecule has 0 bridgehead atoms. The summed E-state index contributed by atoms with van der Waals surface area (Å²) in [6.45, 7) is 2.00. The Kier molecular flexibility index (Phi) is 5.74. The van der Waals surface area contributed by atoms with Gasteiger partial charge in [-0.25, -0.2) is 8.42 Å². The highest BCUT2D eigenvalue weighted by Crippen LogP contribution is 2.27. The van der Waals surface area contributed by atoms with E-state index in [0.29, 0.717) is 12.0 Å². The zero-order valence-corrected chi connectivity index (χ0v) is 13.5. The molecular weight excluding hydrogens is 314 g/mol. The number of amides is 1. The number of nitrogens with two attached hydrogens (primary N) is 2. The predicted molar refractivity (Wildman–Crippen MR) is 83.3 cm³/mol. The van der Waals surface area contributed by atoms with Gasteiger partial charge < -0.3 is 11.5 Å². The van der Waals surface area contributed by atoms with Gasteiger partial charge in [0.25, 0.3) is 5.91 Å². The van der Waals surface area contributed by atoms with Gasteiger partial charge in [-0.15, -0.1) is 0 Å². The average molecular weight is 332 g/mol. The number of unbranched alkanes of at least 4 members (excludes halogenated alkanes) is 1. The second-order valence-corrected chi connectivity index (χ2v) is 7.05. The Bertz CT molecular complexity index is 680. The number of hydrogen-bond acceptors (Lipinski definition) is 3. The maximum absolute atomic E-state index is 11.9. The minimum atomic E-state index is -3.49. The molecule has 0 aliphatic rings. The number of aliphatic imine (C=N–C) groups is 1. The second-order valence-electron chi connectivity index (χ2n) is 4.66. The first kappa shape index (κ1) is 17.5. The first-order valence-electron chi connectivity index (χ1n) is 6.33. The van der Waals surface area contributed by atoms with Crippen molar-refractivity contribution in [2.24, 2.45) is 16.5 Å². The fraction of sp³-hybridized carbons (Fsp3) is 0.385. The van der Waals surface area contributed by atoms with Gasteiger partial charge in [0.05, 0.1) is 15.5 Å². The van der Waals surface area contributed by atoms with E-state index < -0.39 is 21.7 Å². The van der Waals surface area contributed by atoms with Gasteiger partial charge in [0.2, 0.25) is 0 Å². The number of rotatable bonds is 5. The molecule has 0 radical (unpaired) electrons. The van der Waals surface area contributed by atoms with E-state index in [0.717, 1.165) is 19.1 Å². The normalized spacial score (nSPS) is 11.2. The molecule has 21 heavy (non-hydrogen) atoms. The molecule has 0 heterocycles. The number of guanidine groups is 1. The molecule has 1 aromatic carbocycles. The van der Waals surface area contributed by atoms with Crippen LogP contribution in [0.3, 0.4) is 0 Å². The number of sulfone groups is 1. The van der Waals surface area contributed by atoms with E-state index in [1.165, 1.54) is 12.1 Å². The van der Waals surface area contributed by atoms with E-state index in [-0.39, 0.29) is 15.5 Å². The highest BCUT2D eigenvalue weighted by Gasteiger charge is 2.19. The van der Waals surface area contributed by atoms with Crippen molar-refractivity contribution in [3.8, 4) is 0 Å². The van der Waals surface area contributed by atoms with Gasteiger partial charge in [0.15, 0.2) is 15.8 Å². The summed E-state index contributed by atoms with van der Waals surface area (Å²) < 4.78 is 23.8. The molecule has 8 heteroatoms. The van der Waals surface area contributed by atoms with Crippen LogP contribution in [0.15, 0.2) is 22.0 Å². The maximum Gasteiger partial charge on any atom is 0.281 e. The molecule has 0 saturated heterocycles. The van der Waals surface area contributed by atoms with Gasteiger partial charge in [-0.1, -0.05) is 24.9 Å². The van der Waals surface area contributed by atoms with Crippen LogP contribution in [0.4, 0.5) is 0 Å². The third kappa shape index (κ3) is 4.71. The van der Waals surface area contributed by atoms with Crippen LogP contribution < -0.4 is 11.5 Å². The minimum Gasteiger partial charge on any atom is -0.370 e. The number of nitrogens with zero attached hydrogens (tertiary/aromatic N) is 1. The first-order chi connectivity index (χ1) is 9.66. The van der Waals surface area contributed by atoms with Crippen molar-refractivity contribution in [2.45, 2.75) is 31.1 Å². The summed E-state index contributed by atoms with van der Waals surface area (Å²) >= 11 is 6.04. The Morgan fingerprint density at radius 1 is 1.33 bits per heavy atom. The average Bonchev–Trinajstić information content (AvgIpc) is 2.33. The maximum atomic E-state index is 11.9. The molecule has 1 amide bonds. The Morgan fingerprint density at radius 3 is 2.43 bits per heavy atom. The molecule has 0 aromatic heterocycles. The second kappa shape index (κ2) is 6.91. The fourth-order valence-corrected chi connectivity index (χ4v) is 3.08. The number of hydrogen-bond donors (Lipinski definition) is 2. The Labute approximate surface area is 129 Å². The quantitative estimate of drug-likeness (QED) is 0.626. The molecule has 0 spiro atoms. The van der Waals surface area contributed by atoms with Crippen LogP contribution >= 0.6 is 11.6 Å². The van der Waals surface area contributed by atoms with Crippen molar-refractivity contribution in [3.05, 3.63) is 28.3 Å². The monoisotopic (exact) mass is 331 g/mol. The minimum absolute atomic E-state index is 0.0364. The number of carbonyl (C=O) groups is 1. The van der Waals surface area contributed by atoms with Crippen molar-refractivity contribution in [2.75, 3.05) is 6.26 Å². The van der Waals surface area contributed by atoms with Gasteiger partial charge in [-0.05, 0) is 30.5 Å². The number of halogens is 1. The Hall–Kier alpha value is -1.60. The SMILES string of the molecule is CCCCc1cc(Cl)c(C(=O)N=C(N)N)cc1S(C)(=O)=O. The van der Waals surface area contributed by atoms with Crippen LogP contribution in [-0.4, -0.2) is 26.5 Å². The molecule has 0 fully saturated rings. The standard InChI is InChI=1S/C13H18ClN3O3S/c1-3-4-5-8-6-10(14)9(12(18)17-13(15)16)7-11(8)21(2,19)20/h6-7H,3-5H2,1-2H3,(H4,15,16,17,18). The Morgan fingerprint density at radius 2 is 1.95 bits per heavy atom. The largest absolute Gasteiger partial charge is 0.370 e. The van der Waals surface area contributed by atoms with E-state index in [1.807, 2.05) is 6.92 Å². The third-order valence-corrected chi connectivity index (χ3v) is 4.30. The van der Waals surface area contributed by atoms with E-state index in [1.54, 1.807) is 0 Å². The lowest BCUT2D eigenvalue weighted by Gasteiger charge is -2.11. The molecule has 0 aliphatic carbocycles. The molecule has 116 valence electrons. The van der Waals surface area contributed by atoms with Crippen molar-refractivity contribution in [3.63, 3.8) is 0 Å². The predicted octanol–water partition coefficient (Wildman–Crippen LogP) is 1.50. The van der Waals surface area contributed by atoms with E-state index in [4.69, 9.17) is 23.1 Å². The van der Waals surface area contributed by atoms with Crippen molar-refractivity contribution in [1.82, 2.24) is 0 Å². The molecule has 6 nitrogen and oxygen atoms in total. The number of benzene rings is 1. The molecule has 1 aromatic rings. The highest BCUT2D eigenvalue weighted by molar-refractivity contribution is 7.90. The molecule has 4 N–H and O–H groups in total. The molecule has 0 atom stereocenters.